The summed E-state index contributed by atoms with van der Waals surface area (Å²) >= 11 is 0. The van der Waals surface area contributed by atoms with Gasteiger partial charge in [-0.15, -0.1) is 0 Å². The fourth-order valence-electron chi connectivity index (χ4n) is 1.60. The normalized spacial score (nSPS) is 9.59. The van der Waals surface area contributed by atoms with Crippen LogP contribution in [0.1, 0.15) is 78.1 Å². The monoisotopic (exact) mass is 245 g/mol. The van der Waals surface area contributed by atoms with Gasteiger partial charge in [0.2, 0.25) is 5.91 Å². The highest BCUT2D eigenvalue weighted by atomic mass is 16.2. The smallest absolute Gasteiger partial charge is 0.214 e. The second-order valence-corrected chi connectivity index (χ2v) is 4.52. The Morgan fingerprint density at radius 1 is 0.882 bits per heavy atom. The first-order valence-electron chi connectivity index (χ1n) is 7.02. The third-order valence-electron chi connectivity index (χ3n) is 2.51. The van der Waals surface area contributed by atoms with E-state index in [0.29, 0.717) is 6.61 Å². The Labute approximate surface area is 107 Å². The molecular weight excluding hydrogens is 214 g/mol. The summed E-state index contributed by atoms with van der Waals surface area (Å²) in [6.07, 6.45) is 13.3. The zero-order valence-corrected chi connectivity index (χ0v) is 11.7. The minimum atomic E-state index is -0.333. The van der Waals surface area contributed by atoms with E-state index in [2.05, 4.69) is 12.7 Å². The van der Waals surface area contributed by atoms with E-state index in [4.69, 9.17) is 5.11 Å². The predicted octanol–water partition coefficient (Wildman–Crippen LogP) is 3.39. The number of rotatable bonds is 10. The van der Waals surface area contributed by atoms with Gasteiger partial charge in [-0.3, -0.25) is 4.79 Å². The molecule has 0 radical (unpaired) electrons. The van der Waals surface area contributed by atoms with Gasteiger partial charge in [0.25, 0.3) is 0 Å². The van der Waals surface area contributed by atoms with Crippen LogP contribution >= 0.6 is 0 Å². The SMILES string of the molecule is CC(N)=O.CCCCCCCCCCCCO. The van der Waals surface area contributed by atoms with Crippen molar-refractivity contribution in [2.75, 3.05) is 6.61 Å². The molecular formula is C14H31NO2. The van der Waals surface area contributed by atoms with E-state index in [-0.39, 0.29) is 5.91 Å². The fourth-order valence-corrected chi connectivity index (χ4v) is 1.60. The van der Waals surface area contributed by atoms with Crippen molar-refractivity contribution < 1.29 is 9.90 Å². The summed E-state index contributed by atoms with van der Waals surface area (Å²) in [7, 11) is 0. The number of aliphatic hydroxyl groups excluding tert-OH is 1. The quantitative estimate of drug-likeness (QED) is 0.579. The number of nitrogens with two attached hydrogens (primary N) is 1. The van der Waals surface area contributed by atoms with Crippen molar-refractivity contribution in [1.82, 2.24) is 0 Å². The van der Waals surface area contributed by atoms with E-state index >= 15 is 0 Å². The first kappa shape index (κ1) is 18.8. The molecule has 0 aliphatic carbocycles. The number of carbonyl (C=O) groups is 1. The van der Waals surface area contributed by atoms with Crippen LogP contribution in [0.2, 0.25) is 0 Å². The Kier molecular flexibility index (Phi) is 19.7. The minimum Gasteiger partial charge on any atom is -0.396 e. The lowest BCUT2D eigenvalue weighted by atomic mass is 10.1. The summed E-state index contributed by atoms with van der Waals surface area (Å²) in [6.45, 7) is 3.94. The number of amides is 1. The van der Waals surface area contributed by atoms with Gasteiger partial charge in [-0.05, 0) is 6.42 Å². The molecule has 0 bridgehead atoms. The van der Waals surface area contributed by atoms with E-state index in [1.54, 1.807) is 0 Å². The number of unbranched alkanes of at least 4 members (excludes halogenated alkanes) is 9. The lowest BCUT2D eigenvalue weighted by Gasteiger charge is -2.00. The third-order valence-corrected chi connectivity index (χ3v) is 2.51. The second-order valence-electron chi connectivity index (χ2n) is 4.52. The van der Waals surface area contributed by atoms with Gasteiger partial charge in [0.15, 0.2) is 0 Å². The summed E-state index contributed by atoms with van der Waals surface area (Å²) in [5, 5.41) is 8.57. The molecule has 3 nitrogen and oxygen atoms in total. The molecule has 0 aliphatic rings. The van der Waals surface area contributed by atoms with Gasteiger partial charge in [0.05, 0.1) is 0 Å². The molecule has 3 heteroatoms. The predicted molar refractivity (Wildman–Crippen MR) is 73.8 cm³/mol. The highest BCUT2D eigenvalue weighted by Gasteiger charge is 1.91. The van der Waals surface area contributed by atoms with Crippen molar-refractivity contribution >= 4 is 5.91 Å². The maximum atomic E-state index is 9.22. The summed E-state index contributed by atoms with van der Waals surface area (Å²) in [4.78, 5) is 9.22. The van der Waals surface area contributed by atoms with Crippen molar-refractivity contribution in [3.63, 3.8) is 0 Å². The molecule has 0 spiro atoms. The maximum absolute atomic E-state index is 9.22. The molecule has 17 heavy (non-hydrogen) atoms. The Balaban J connectivity index is 0. The van der Waals surface area contributed by atoms with Crippen LogP contribution in [0.4, 0.5) is 0 Å². The Bertz CT molecular complexity index is 135. The van der Waals surface area contributed by atoms with Crippen LogP contribution in [0.15, 0.2) is 0 Å². The van der Waals surface area contributed by atoms with E-state index < -0.39 is 0 Å². The highest BCUT2D eigenvalue weighted by molar-refractivity contribution is 5.70. The van der Waals surface area contributed by atoms with E-state index in [1.165, 1.54) is 64.7 Å². The van der Waals surface area contributed by atoms with Crippen LogP contribution in [0.5, 0.6) is 0 Å². The van der Waals surface area contributed by atoms with Crippen LogP contribution in [-0.4, -0.2) is 17.6 Å². The van der Waals surface area contributed by atoms with Crippen LogP contribution in [-0.2, 0) is 4.79 Å². The number of aliphatic hydroxyl groups is 1. The van der Waals surface area contributed by atoms with Crippen molar-refractivity contribution in [2.24, 2.45) is 5.73 Å². The maximum Gasteiger partial charge on any atom is 0.214 e. The number of primary amides is 1. The van der Waals surface area contributed by atoms with Gasteiger partial charge < -0.3 is 10.8 Å². The van der Waals surface area contributed by atoms with Crippen molar-refractivity contribution in [3.05, 3.63) is 0 Å². The number of hydrogen-bond acceptors (Lipinski definition) is 2. The van der Waals surface area contributed by atoms with Gasteiger partial charge in [0.1, 0.15) is 0 Å². The minimum absolute atomic E-state index is 0.333. The van der Waals surface area contributed by atoms with Gasteiger partial charge in [-0.2, -0.15) is 0 Å². The van der Waals surface area contributed by atoms with Crippen molar-refractivity contribution in [2.45, 2.75) is 78.1 Å². The zero-order valence-electron chi connectivity index (χ0n) is 11.7. The fraction of sp³-hybridized carbons (Fsp3) is 0.929. The molecule has 0 saturated heterocycles. The van der Waals surface area contributed by atoms with Crippen LogP contribution in [0, 0.1) is 0 Å². The summed E-state index contributed by atoms with van der Waals surface area (Å²) < 4.78 is 0. The molecule has 0 heterocycles. The average Bonchev–Trinajstić information content (AvgIpc) is 2.26. The summed E-state index contributed by atoms with van der Waals surface area (Å²) in [5.41, 5.74) is 4.47. The Morgan fingerprint density at radius 3 is 1.47 bits per heavy atom. The zero-order chi connectivity index (χ0) is 13.4. The van der Waals surface area contributed by atoms with Crippen LogP contribution in [0.25, 0.3) is 0 Å². The molecule has 0 atom stereocenters. The van der Waals surface area contributed by atoms with E-state index in [0.717, 1.165) is 6.42 Å². The highest BCUT2D eigenvalue weighted by Crippen LogP contribution is 2.09. The van der Waals surface area contributed by atoms with Gasteiger partial charge in [-0.25, -0.2) is 0 Å². The van der Waals surface area contributed by atoms with Gasteiger partial charge in [0, 0.05) is 13.5 Å². The van der Waals surface area contributed by atoms with Crippen LogP contribution < -0.4 is 5.73 Å². The molecule has 0 aromatic rings. The standard InChI is InChI=1S/C12H26O.C2H5NO/c1-2-3-4-5-6-7-8-9-10-11-12-13;1-2(3)4/h13H,2-12H2,1H3;1H3,(H2,3,4). The number of hydrogen-bond donors (Lipinski definition) is 2. The Morgan fingerprint density at radius 2 is 1.18 bits per heavy atom. The molecule has 3 N–H and O–H groups in total. The molecule has 0 fully saturated rings. The molecule has 0 aliphatic heterocycles. The lowest BCUT2D eigenvalue weighted by Crippen LogP contribution is -2.01. The first-order chi connectivity index (χ1) is 8.15. The van der Waals surface area contributed by atoms with E-state index in [9.17, 15) is 4.79 Å². The van der Waals surface area contributed by atoms with Gasteiger partial charge in [-0.1, -0.05) is 64.7 Å². The molecule has 0 aromatic heterocycles. The van der Waals surface area contributed by atoms with Crippen LogP contribution in [0.3, 0.4) is 0 Å². The first-order valence-corrected chi connectivity index (χ1v) is 7.02. The van der Waals surface area contributed by atoms with Crippen molar-refractivity contribution in [1.29, 1.82) is 0 Å². The summed E-state index contributed by atoms with van der Waals surface area (Å²) in [5.74, 6) is -0.333. The average molecular weight is 245 g/mol. The molecule has 0 aromatic carbocycles. The third kappa shape index (κ3) is 31.3. The second kappa shape index (κ2) is 17.8. The van der Waals surface area contributed by atoms with Gasteiger partial charge >= 0.3 is 0 Å². The summed E-state index contributed by atoms with van der Waals surface area (Å²) in [6, 6.07) is 0. The topological polar surface area (TPSA) is 63.3 Å². The largest absolute Gasteiger partial charge is 0.396 e. The molecule has 104 valence electrons. The molecule has 0 unspecified atom stereocenters. The van der Waals surface area contributed by atoms with E-state index in [1.807, 2.05) is 0 Å². The molecule has 0 rings (SSSR count). The molecule has 0 saturated carbocycles. The lowest BCUT2D eigenvalue weighted by molar-refractivity contribution is -0.115. The van der Waals surface area contributed by atoms with Crippen molar-refractivity contribution in [3.8, 4) is 0 Å². The Hall–Kier alpha value is -0.570. The number of carbonyl (C=O) groups excluding carboxylic acids is 1. The molecule has 1 amide bonds.